The molecule has 0 spiro atoms. The maximum absolute atomic E-state index is 13.3. The van der Waals surface area contributed by atoms with Crippen LogP contribution in [0.15, 0.2) is 24.3 Å². The van der Waals surface area contributed by atoms with E-state index in [2.05, 4.69) is 4.98 Å². The van der Waals surface area contributed by atoms with E-state index in [1.165, 1.54) is 0 Å². The molecule has 0 bridgehead atoms. The highest BCUT2D eigenvalue weighted by Crippen LogP contribution is 2.33. The second kappa shape index (κ2) is 5.54. The van der Waals surface area contributed by atoms with Crippen LogP contribution in [-0.2, 0) is 0 Å². The van der Waals surface area contributed by atoms with E-state index >= 15 is 0 Å². The number of nitriles is 1. The lowest BCUT2D eigenvalue weighted by Gasteiger charge is -2.09. The second-order valence-electron chi connectivity index (χ2n) is 4.34. The molecule has 6 nitrogen and oxygen atoms in total. The Morgan fingerprint density at radius 1 is 1.38 bits per heavy atom. The van der Waals surface area contributed by atoms with E-state index in [4.69, 9.17) is 10.00 Å². The maximum atomic E-state index is 13.3. The number of nitrogens with zero attached hydrogens (tertiary/aromatic N) is 3. The van der Waals surface area contributed by atoms with E-state index in [1.54, 1.807) is 19.9 Å². The predicted octanol–water partition coefficient (Wildman–Crippen LogP) is 3.41. The van der Waals surface area contributed by atoms with Crippen LogP contribution in [0.5, 0.6) is 11.6 Å². The van der Waals surface area contributed by atoms with Crippen molar-refractivity contribution in [3.63, 3.8) is 0 Å². The lowest BCUT2D eigenvalue weighted by atomic mass is 10.1. The third-order valence-corrected chi connectivity index (χ3v) is 2.75. The molecule has 1 aromatic carbocycles. The van der Waals surface area contributed by atoms with Crippen molar-refractivity contribution in [3.05, 3.63) is 57.0 Å². The second-order valence-corrected chi connectivity index (χ2v) is 4.34. The molecule has 0 radical (unpaired) electrons. The fourth-order valence-corrected chi connectivity index (χ4v) is 1.84. The van der Waals surface area contributed by atoms with Crippen molar-refractivity contribution >= 4 is 5.69 Å². The van der Waals surface area contributed by atoms with E-state index in [9.17, 15) is 14.5 Å². The Morgan fingerprint density at radius 3 is 2.71 bits per heavy atom. The SMILES string of the molecule is Cc1cc(C)c(C#N)c(Oc2cc(F)ccc2[N+](=O)[O-])n1. The molecule has 106 valence electrons. The van der Waals surface area contributed by atoms with Crippen molar-refractivity contribution in [3.8, 4) is 17.7 Å². The minimum atomic E-state index is -0.691. The fraction of sp³-hybridized carbons (Fsp3) is 0.143. The van der Waals surface area contributed by atoms with Gasteiger partial charge in [0.25, 0.3) is 0 Å². The Kier molecular flexibility index (Phi) is 3.80. The molecular weight excluding hydrogens is 277 g/mol. The number of nitro benzene ring substituents is 1. The number of nitro groups is 1. The largest absolute Gasteiger partial charge is 0.430 e. The molecule has 2 rings (SSSR count). The van der Waals surface area contributed by atoms with Crippen LogP contribution in [0.2, 0.25) is 0 Å². The van der Waals surface area contributed by atoms with Crippen molar-refractivity contribution in [2.24, 2.45) is 0 Å². The third kappa shape index (κ3) is 2.95. The third-order valence-electron chi connectivity index (χ3n) is 2.75. The zero-order valence-electron chi connectivity index (χ0n) is 11.3. The zero-order valence-corrected chi connectivity index (χ0v) is 11.3. The van der Waals surface area contributed by atoms with Crippen molar-refractivity contribution < 1.29 is 14.1 Å². The molecule has 0 aliphatic carbocycles. The summed E-state index contributed by atoms with van der Waals surface area (Å²) in [7, 11) is 0. The number of rotatable bonds is 3. The van der Waals surface area contributed by atoms with Gasteiger partial charge in [0.1, 0.15) is 17.4 Å². The molecule has 21 heavy (non-hydrogen) atoms. The minimum Gasteiger partial charge on any atom is -0.430 e. The van der Waals surface area contributed by atoms with Gasteiger partial charge >= 0.3 is 5.69 Å². The van der Waals surface area contributed by atoms with Crippen molar-refractivity contribution in [1.29, 1.82) is 5.26 Å². The zero-order chi connectivity index (χ0) is 15.6. The monoisotopic (exact) mass is 287 g/mol. The van der Waals surface area contributed by atoms with Gasteiger partial charge in [0.05, 0.1) is 4.92 Å². The molecule has 0 saturated carbocycles. The highest BCUT2D eigenvalue weighted by Gasteiger charge is 2.19. The summed E-state index contributed by atoms with van der Waals surface area (Å²) in [6.07, 6.45) is 0. The molecule has 0 unspecified atom stereocenters. The Bertz CT molecular complexity index is 769. The molecule has 0 amide bonds. The highest BCUT2D eigenvalue weighted by molar-refractivity contribution is 5.51. The molecule has 0 fully saturated rings. The van der Waals surface area contributed by atoms with E-state index in [0.29, 0.717) is 11.3 Å². The van der Waals surface area contributed by atoms with Crippen molar-refractivity contribution in [2.45, 2.75) is 13.8 Å². The summed E-state index contributed by atoms with van der Waals surface area (Å²) in [5.41, 5.74) is 0.958. The van der Waals surface area contributed by atoms with Gasteiger partial charge in [-0.1, -0.05) is 0 Å². The van der Waals surface area contributed by atoms with Crippen LogP contribution in [0.25, 0.3) is 0 Å². The van der Waals surface area contributed by atoms with Crippen LogP contribution in [0.1, 0.15) is 16.8 Å². The summed E-state index contributed by atoms with van der Waals surface area (Å²) in [6, 6.07) is 6.46. The van der Waals surface area contributed by atoms with Gasteiger partial charge in [0.15, 0.2) is 0 Å². The lowest BCUT2D eigenvalue weighted by molar-refractivity contribution is -0.385. The first-order valence-electron chi connectivity index (χ1n) is 5.92. The minimum absolute atomic E-state index is 0.0799. The smallest absolute Gasteiger partial charge is 0.311 e. The van der Waals surface area contributed by atoms with Crippen LogP contribution >= 0.6 is 0 Å². The Labute approximate surface area is 119 Å². The van der Waals surface area contributed by atoms with Crippen LogP contribution in [0, 0.1) is 41.1 Å². The molecule has 0 aliphatic heterocycles. The summed E-state index contributed by atoms with van der Waals surface area (Å²) in [5.74, 6) is -1.06. The first-order valence-corrected chi connectivity index (χ1v) is 5.92. The molecule has 2 aromatic rings. The number of hydrogen-bond donors (Lipinski definition) is 0. The summed E-state index contributed by atoms with van der Waals surface area (Å²) >= 11 is 0. The predicted molar refractivity (Wildman–Crippen MR) is 71.6 cm³/mol. The molecule has 1 heterocycles. The number of ether oxygens (including phenoxy) is 1. The first-order chi connectivity index (χ1) is 9.92. The van der Waals surface area contributed by atoms with Crippen LogP contribution in [0.4, 0.5) is 10.1 Å². The van der Waals surface area contributed by atoms with E-state index in [-0.39, 0.29) is 17.2 Å². The standard InChI is InChI=1S/C14H10FN3O3/c1-8-5-9(2)17-14(11(8)7-16)21-13-6-10(15)3-4-12(13)18(19)20/h3-6H,1-2H3. The van der Waals surface area contributed by atoms with Gasteiger partial charge in [0.2, 0.25) is 11.6 Å². The van der Waals surface area contributed by atoms with E-state index in [0.717, 1.165) is 18.2 Å². The van der Waals surface area contributed by atoms with E-state index in [1.807, 2.05) is 6.07 Å². The van der Waals surface area contributed by atoms with Gasteiger partial charge in [-0.2, -0.15) is 5.26 Å². The van der Waals surface area contributed by atoms with Gasteiger partial charge in [0, 0.05) is 17.8 Å². The number of aryl methyl sites for hydroxylation is 2. The van der Waals surface area contributed by atoms with Gasteiger partial charge in [-0.3, -0.25) is 10.1 Å². The molecule has 0 saturated heterocycles. The van der Waals surface area contributed by atoms with Gasteiger partial charge in [-0.25, -0.2) is 9.37 Å². The Hall–Kier alpha value is -3.01. The number of benzene rings is 1. The van der Waals surface area contributed by atoms with Crippen molar-refractivity contribution in [1.82, 2.24) is 4.98 Å². The van der Waals surface area contributed by atoms with Crippen molar-refractivity contribution in [2.75, 3.05) is 0 Å². The fourth-order valence-electron chi connectivity index (χ4n) is 1.84. The lowest BCUT2D eigenvalue weighted by Crippen LogP contribution is -1.99. The summed E-state index contributed by atoms with van der Waals surface area (Å²) < 4.78 is 18.6. The number of hydrogen-bond acceptors (Lipinski definition) is 5. The van der Waals surface area contributed by atoms with Gasteiger partial charge < -0.3 is 4.74 Å². The molecule has 1 aromatic heterocycles. The molecule has 0 N–H and O–H groups in total. The summed E-state index contributed by atoms with van der Waals surface area (Å²) in [4.78, 5) is 14.3. The maximum Gasteiger partial charge on any atom is 0.311 e. The van der Waals surface area contributed by atoms with E-state index < -0.39 is 16.4 Å². The Balaban J connectivity index is 2.55. The van der Waals surface area contributed by atoms with Crippen LogP contribution < -0.4 is 4.74 Å². The van der Waals surface area contributed by atoms with Gasteiger partial charge in [-0.05, 0) is 31.5 Å². The molecule has 0 atom stereocenters. The average Bonchev–Trinajstić information content (AvgIpc) is 2.37. The number of aromatic nitrogens is 1. The van der Waals surface area contributed by atoms with Crippen LogP contribution in [0.3, 0.4) is 0 Å². The molecule has 0 aliphatic rings. The molecular formula is C14H10FN3O3. The number of halogens is 1. The number of pyridine rings is 1. The Morgan fingerprint density at radius 2 is 2.10 bits per heavy atom. The van der Waals surface area contributed by atoms with Gasteiger partial charge in [-0.15, -0.1) is 0 Å². The highest BCUT2D eigenvalue weighted by atomic mass is 19.1. The quantitative estimate of drug-likeness (QED) is 0.637. The topological polar surface area (TPSA) is 89.0 Å². The first kappa shape index (κ1) is 14.4. The summed E-state index contributed by atoms with van der Waals surface area (Å²) in [5, 5.41) is 20.1. The normalized spacial score (nSPS) is 10.0. The summed E-state index contributed by atoms with van der Waals surface area (Å²) in [6.45, 7) is 3.39. The van der Waals surface area contributed by atoms with Crippen LogP contribution in [-0.4, -0.2) is 9.91 Å². The average molecular weight is 287 g/mol. The molecule has 7 heteroatoms.